The Hall–Kier alpha value is -0.850. The number of ether oxygens (including phenoxy) is 1. The lowest BCUT2D eigenvalue weighted by Gasteiger charge is -2.22. The van der Waals surface area contributed by atoms with Crippen molar-refractivity contribution in [1.29, 1.82) is 0 Å². The Bertz CT molecular complexity index is 183. The summed E-state index contributed by atoms with van der Waals surface area (Å²) in [6.45, 7) is -0.664. The van der Waals surface area contributed by atoms with Crippen molar-refractivity contribution in [3.8, 4) is 0 Å². The number of hydrogen-bond acceptors (Lipinski definition) is 5. The van der Waals surface area contributed by atoms with Crippen LogP contribution >= 0.6 is 0 Å². The van der Waals surface area contributed by atoms with E-state index in [0.717, 1.165) is 0 Å². The predicted octanol–water partition coefficient (Wildman–Crippen LogP) is -0.974. The topological polar surface area (TPSA) is 119 Å². The van der Waals surface area contributed by atoms with Gasteiger partial charge in [0.1, 0.15) is 12.2 Å². The van der Waals surface area contributed by atoms with Gasteiger partial charge in [0.05, 0.1) is 19.3 Å². The predicted molar refractivity (Wildman–Crippen MR) is 43.9 cm³/mol. The van der Waals surface area contributed by atoms with Gasteiger partial charge in [-0.15, -0.1) is 0 Å². The normalized spacial score (nSPS) is 17.2. The van der Waals surface area contributed by atoms with E-state index in [1.54, 1.807) is 0 Å². The Morgan fingerprint density at radius 3 is 2.54 bits per heavy atom. The largest absolute Gasteiger partial charge is 0.394 e. The highest BCUT2D eigenvalue weighted by Gasteiger charge is 2.24. The molecular formula is C6H13N3O4. The van der Waals surface area contributed by atoms with Crippen LogP contribution in [0.5, 0.6) is 0 Å². The highest BCUT2D eigenvalue weighted by atomic mass is 16.5. The third-order valence-electron chi connectivity index (χ3n) is 1.59. The Labute approximate surface area is 75.2 Å². The van der Waals surface area contributed by atoms with Crippen molar-refractivity contribution < 1.29 is 20.1 Å². The molecule has 7 heteroatoms. The van der Waals surface area contributed by atoms with Gasteiger partial charge in [0.25, 0.3) is 0 Å². The summed E-state index contributed by atoms with van der Waals surface area (Å²) in [4.78, 5) is 2.48. The van der Waals surface area contributed by atoms with Gasteiger partial charge in [0.2, 0.25) is 0 Å². The molecule has 0 aromatic rings. The summed E-state index contributed by atoms with van der Waals surface area (Å²) in [5, 5.41) is 30.0. The second-order valence-corrected chi connectivity index (χ2v) is 2.43. The van der Waals surface area contributed by atoms with Crippen molar-refractivity contribution >= 4 is 0 Å². The molecule has 0 aromatic carbocycles. The molecule has 0 fully saturated rings. The number of azide groups is 1. The van der Waals surface area contributed by atoms with Gasteiger partial charge in [0, 0.05) is 12.0 Å². The average Bonchev–Trinajstić information content (AvgIpc) is 2.17. The van der Waals surface area contributed by atoms with E-state index >= 15 is 0 Å². The van der Waals surface area contributed by atoms with E-state index in [0.29, 0.717) is 0 Å². The Morgan fingerprint density at radius 2 is 2.15 bits per heavy atom. The maximum atomic E-state index is 9.29. The summed E-state index contributed by atoms with van der Waals surface area (Å²) in [6, 6.07) is 0. The van der Waals surface area contributed by atoms with E-state index in [2.05, 4.69) is 10.0 Å². The zero-order chi connectivity index (χ0) is 10.3. The molecule has 0 aromatic heterocycles. The molecular weight excluding hydrogens is 178 g/mol. The minimum Gasteiger partial charge on any atom is -0.394 e. The van der Waals surface area contributed by atoms with Gasteiger partial charge < -0.3 is 20.1 Å². The zero-order valence-corrected chi connectivity index (χ0v) is 7.24. The molecule has 0 spiro atoms. The van der Waals surface area contributed by atoms with E-state index in [-0.39, 0.29) is 6.54 Å². The van der Waals surface area contributed by atoms with Crippen LogP contribution in [0.25, 0.3) is 10.4 Å². The van der Waals surface area contributed by atoms with Crippen LogP contribution in [-0.2, 0) is 4.74 Å². The van der Waals surface area contributed by atoms with Gasteiger partial charge in [0.15, 0.2) is 0 Å². The van der Waals surface area contributed by atoms with Crippen molar-refractivity contribution in [2.24, 2.45) is 5.11 Å². The van der Waals surface area contributed by atoms with Crippen LogP contribution in [0.15, 0.2) is 5.11 Å². The monoisotopic (exact) mass is 191 g/mol. The molecule has 0 amide bonds. The molecule has 0 aliphatic carbocycles. The zero-order valence-electron chi connectivity index (χ0n) is 7.24. The fourth-order valence-corrected chi connectivity index (χ4v) is 0.795. The average molecular weight is 191 g/mol. The van der Waals surface area contributed by atoms with Crippen LogP contribution < -0.4 is 0 Å². The molecule has 0 aliphatic rings. The number of methoxy groups -OCH3 is 1. The second-order valence-electron chi connectivity index (χ2n) is 2.43. The van der Waals surface area contributed by atoms with Crippen molar-refractivity contribution in [1.82, 2.24) is 0 Å². The summed E-state index contributed by atoms with van der Waals surface area (Å²) in [6.07, 6.45) is -3.36. The van der Waals surface area contributed by atoms with Gasteiger partial charge in [-0.2, -0.15) is 0 Å². The lowest BCUT2D eigenvalue weighted by molar-refractivity contribution is -0.0857. The first kappa shape index (κ1) is 12.2. The quantitative estimate of drug-likeness (QED) is 0.284. The number of rotatable bonds is 6. The fourth-order valence-electron chi connectivity index (χ4n) is 0.795. The minimum absolute atomic E-state index is 0.0920. The van der Waals surface area contributed by atoms with Crippen LogP contribution in [0.2, 0.25) is 0 Å². The number of aliphatic hydroxyl groups excluding tert-OH is 3. The minimum atomic E-state index is -1.29. The van der Waals surface area contributed by atoms with Crippen LogP contribution in [-0.4, -0.2) is 53.9 Å². The van der Waals surface area contributed by atoms with Gasteiger partial charge in [-0.25, -0.2) is 0 Å². The number of aliphatic hydroxyl groups is 3. The van der Waals surface area contributed by atoms with Crippen LogP contribution in [0.3, 0.4) is 0 Å². The molecule has 0 aliphatic heterocycles. The van der Waals surface area contributed by atoms with Crippen molar-refractivity contribution in [3.05, 3.63) is 10.4 Å². The first-order chi connectivity index (χ1) is 6.17. The standard InChI is InChI=1S/C6H13N3O4/c1-13-5(2-8-9-7)6(12)4(11)3-10/h4-6,10-12H,2-3H2,1H3/t4-,5?,6-/m1/s1. The maximum absolute atomic E-state index is 9.29. The SMILES string of the molecule is COC(CN=[N+]=[N-])[C@H](O)[C@H](O)CO. The number of nitrogens with zero attached hydrogens (tertiary/aromatic N) is 3. The summed E-state index contributed by atoms with van der Waals surface area (Å²) in [7, 11) is 1.31. The van der Waals surface area contributed by atoms with Crippen molar-refractivity contribution in [3.63, 3.8) is 0 Å². The first-order valence-corrected chi connectivity index (χ1v) is 3.68. The van der Waals surface area contributed by atoms with Crippen LogP contribution in [0.1, 0.15) is 0 Å². The van der Waals surface area contributed by atoms with E-state index in [1.807, 2.05) is 0 Å². The Balaban J connectivity index is 4.12. The maximum Gasteiger partial charge on any atom is 0.108 e. The highest BCUT2D eigenvalue weighted by Crippen LogP contribution is 2.04. The molecule has 76 valence electrons. The molecule has 0 radical (unpaired) electrons. The first-order valence-electron chi connectivity index (χ1n) is 3.68. The number of hydrogen-bond donors (Lipinski definition) is 3. The van der Waals surface area contributed by atoms with E-state index in [4.69, 9.17) is 20.5 Å². The highest BCUT2D eigenvalue weighted by molar-refractivity contribution is 4.77. The van der Waals surface area contributed by atoms with E-state index in [1.165, 1.54) is 7.11 Å². The van der Waals surface area contributed by atoms with Crippen molar-refractivity contribution in [2.75, 3.05) is 20.3 Å². The van der Waals surface area contributed by atoms with Crippen LogP contribution in [0.4, 0.5) is 0 Å². The molecule has 1 unspecified atom stereocenters. The summed E-state index contributed by atoms with van der Waals surface area (Å²) in [5.41, 5.74) is 8.00. The van der Waals surface area contributed by atoms with E-state index in [9.17, 15) is 5.11 Å². The molecule has 3 N–H and O–H groups in total. The lowest BCUT2D eigenvalue weighted by Crippen LogP contribution is -2.42. The molecule has 0 heterocycles. The third-order valence-corrected chi connectivity index (χ3v) is 1.59. The molecule has 3 atom stereocenters. The molecule has 13 heavy (non-hydrogen) atoms. The van der Waals surface area contributed by atoms with Gasteiger partial charge in [-0.05, 0) is 5.53 Å². The van der Waals surface area contributed by atoms with Crippen molar-refractivity contribution in [2.45, 2.75) is 18.3 Å². The Kier molecular flexibility index (Phi) is 6.21. The smallest absolute Gasteiger partial charge is 0.108 e. The summed E-state index contributed by atoms with van der Waals surface area (Å²) < 4.78 is 4.75. The van der Waals surface area contributed by atoms with Gasteiger partial charge in [-0.1, -0.05) is 5.11 Å². The molecule has 7 nitrogen and oxygen atoms in total. The lowest BCUT2D eigenvalue weighted by atomic mass is 10.1. The van der Waals surface area contributed by atoms with Crippen LogP contribution in [0, 0.1) is 0 Å². The molecule has 0 saturated heterocycles. The molecule has 0 rings (SSSR count). The Morgan fingerprint density at radius 1 is 1.54 bits per heavy atom. The third kappa shape index (κ3) is 4.07. The van der Waals surface area contributed by atoms with Gasteiger partial charge >= 0.3 is 0 Å². The van der Waals surface area contributed by atoms with E-state index < -0.39 is 24.9 Å². The van der Waals surface area contributed by atoms with Gasteiger partial charge in [-0.3, -0.25) is 0 Å². The molecule has 0 bridgehead atoms. The molecule has 0 saturated carbocycles. The summed E-state index contributed by atoms with van der Waals surface area (Å²) >= 11 is 0. The summed E-state index contributed by atoms with van der Waals surface area (Å²) in [5.74, 6) is 0. The second kappa shape index (κ2) is 6.64. The fraction of sp³-hybridized carbons (Fsp3) is 1.00.